The first-order chi connectivity index (χ1) is 7.79. The average molecular weight is 244 g/mol. The zero-order chi connectivity index (χ0) is 11.8. The van der Waals surface area contributed by atoms with Gasteiger partial charge in [-0.25, -0.2) is 0 Å². The van der Waals surface area contributed by atoms with Crippen molar-refractivity contribution in [1.82, 2.24) is 4.90 Å². The van der Waals surface area contributed by atoms with Crippen LogP contribution in [0.2, 0.25) is 0 Å². The largest absolute Gasteiger partial charge is 0.338 e. The van der Waals surface area contributed by atoms with Gasteiger partial charge in [0.1, 0.15) is 0 Å². The number of carbonyl (C=O) groups excluding carboxylic acids is 1. The molecule has 1 aliphatic rings. The summed E-state index contributed by atoms with van der Waals surface area (Å²) >= 11 is 1.85. The number of hydrogen-bond donors (Lipinski definition) is 1. The number of carbonyl (C=O) groups is 1. The van der Waals surface area contributed by atoms with Crippen molar-refractivity contribution < 1.29 is 4.79 Å². The van der Waals surface area contributed by atoms with Crippen LogP contribution in [0.3, 0.4) is 0 Å². The van der Waals surface area contributed by atoms with Gasteiger partial charge < -0.3 is 10.6 Å². The Bertz CT molecular complexity index is 211. The quantitative estimate of drug-likeness (QED) is 0.725. The number of unbranched alkanes of at least 4 members (excludes halogenated alkanes) is 1. The van der Waals surface area contributed by atoms with Gasteiger partial charge in [-0.15, -0.1) is 0 Å². The molecule has 0 bridgehead atoms. The van der Waals surface area contributed by atoms with Crippen LogP contribution >= 0.6 is 11.8 Å². The van der Waals surface area contributed by atoms with E-state index >= 15 is 0 Å². The number of nitrogens with two attached hydrogens (primary N) is 1. The highest BCUT2D eigenvalue weighted by atomic mass is 32.2. The lowest BCUT2D eigenvalue weighted by molar-refractivity contribution is -0.134. The molecule has 94 valence electrons. The number of piperidine rings is 1. The van der Waals surface area contributed by atoms with E-state index in [1.54, 1.807) is 0 Å². The van der Waals surface area contributed by atoms with E-state index in [2.05, 4.69) is 6.26 Å². The van der Waals surface area contributed by atoms with E-state index < -0.39 is 0 Å². The van der Waals surface area contributed by atoms with Gasteiger partial charge in [-0.3, -0.25) is 4.79 Å². The molecule has 1 rings (SSSR count). The van der Waals surface area contributed by atoms with Crippen LogP contribution in [0.4, 0.5) is 0 Å². The zero-order valence-corrected chi connectivity index (χ0v) is 11.1. The fraction of sp³-hybridized carbons (Fsp3) is 0.917. The molecule has 0 saturated carbocycles. The molecule has 0 aromatic carbocycles. The molecule has 2 N–H and O–H groups in total. The van der Waals surface area contributed by atoms with Gasteiger partial charge in [-0.2, -0.15) is 11.8 Å². The first-order valence-electron chi connectivity index (χ1n) is 6.28. The molecule has 0 aliphatic carbocycles. The third-order valence-corrected chi connectivity index (χ3v) is 3.91. The zero-order valence-electron chi connectivity index (χ0n) is 10.3. The molecule has 1 heterocycles. The van der Waals surface area contributed by atoms with E-state index in [1.165, 1.54) is 6.42 Å². The Morgan fingerprint density at radius 2 is 2.25 bits per heavy atom. The molecule has 1 aliphatic heterocycles. The van der Waals surface area contributed by atoms with Crippen molar-refractivity contribution in [2.45, 2.75) is 44.6 Å². The maximum Gasteiger partial charge on any atom is 0.222 e. The molecule has 0 radical (unpaired) electrons. The number of thioether (sulfide) groups is 1. The fourth-order valence-corrected chi connectivity index (χ4v) is 2.73. The van der Waals surface area contributed by atoms with Crippen LogP contribution in [0.15, 0.2) is 0 Å². The molecule has 0 aromatic heterocycles. The summed E-state index contributed by atoms with van der Waals surface area (Å²) in [5, 5.41) is 0. The molecule has 1 saturated heterocycles. The number of hydrogen-bond acceptors (Lipinski definition) is 3. The lowest BCUT2D eigenvalue weighted by Crippen LogP contribution is -2.47. The summed E-state index contributed by atoms with van der Waals surface area (Å²) in [4.78, 5) is 14.0. The van der Waals surface area contributed by atoms with Gasteiger partial charge >= 0.3 is 0 Å². The van der Waals surface area contributed by atoms with E-state index in [9.17, 15) is 4.79 Å². The summed E-state index contributed by atoms with van der Waals surface area (Å²) < 4.78 is 0. The Balaban J connectivity index is 2.27. The SMILES string of the molecule is CSCCCCC(=O)N1CCCCC1CN. The second kappa shape index (κ2) is 7.96. The Morgan fingerprint density at radius 3 is 2.94 bits per heavy atom. The van der Waals surface area contributed by atoms with Crippen LogP contribution < -0.4 is 5.73 Å². The van der Waals surface area contributed by atoms with Gasteiger partial charge in [-0.05, 0) is 44.1 Å². The van der Waals surface area contributed by atoms with E-state index in [-0.39, 0.29) is 0 Å². The van der Waals surface area contributed by atoms with Gasteiger partial charge in [0.15, 0.2) is 0 Å². The maximum absolute atomic E-state index is 12.0. The van der Waals surface area contributed by atoms with E-state index in [0.717, 1.165) is 38.0 Å². The molecule has 1 amide bonds. The number of amides is 1. The van der Waals surface area contributed by atoms with Crippen LogP contribution in [-0.4, -0.2) is 41.9 Å². The van der Waals surface area contributed by atoms with Crippen molar-refractivity contribution in [3.8, 4) is 0 Å². The number of nitrogens with zero attached hydrogens (tertiary/aromatic N) is 1. The highest BCUT2D eigenvalue weighted by molar-refractivity contribution is 7.98. The van der Waals surface area contributed by atoms with Gasteiger partial charge in [0.05, 0.1) is 0 Å². The smallest absolute Gasteiger partial charge is 0.222 e. The highest BCUT2D eigenvalue weighted by Gasteiger charge is 2.24. The Morgan fingerprint density at radius 1 is 1.44 bits per heavy atom. The lowest BCUT2D eigenvalue weighted by Gasteiger charge is -2.35. The van der Waals surface area contributed by atoms with Crippen LogP contribution in [0.25, 0.3) is 0 Å². The van der Waals surface area contributed by atoms with Crippen LogP contribution in [0, 0.1) is 0 Å². The summed E-state index contributed by atoms with van der Waals surface area (Å²) in [6.07, 6.45) is 8.44. The molecule has 16 heavy (non-hydrogen) atoms. The van der Waals surface area contributed by atoms with E-state index in [1.807, 2.05) is 16.7 Å². The summed E-state index contributed by atoms with van der Waals surface area (Å²) in [5.74, 6) is 1.48. The fourth-order valence-electron chi connectivity index (χ4n) is 2.24. The predicted octanol–water partition coefficient (Wildman–Crippen LogP) is 1.86. The monoisotopic (exact) mass is 244 g/mol. The number of likely N-dealkylation sites (tertiary alicyclic amines) is 1. The maximum atomic E-state index is 12.0. The molecular formula is C12H24N2OS. The predicted molar refractivity (Wildman–Crippen MR) is 70.6 cm³/mol. The molecular weight excluding hydrogens is 220 g/mol. The molecule has 4 heteroatoms. The summed E-state index contributed by atoms with van der Waals surface area (Å²) in [5.41, 5.74) is 5.71. The van der Waals surface area contributed by atoms with Gasteiger partial charge in [-0.1, -0.05) is 0 Å². The van der Waals surface area contributed by atoms with E-state index in [0.29, 0.717) is 24.9 Å². The summed E-state index contributed by atoms with van der Waals surface area (Å²) in [6, 6.07) is 0.307. The third-order valence-electron chi connectivity index (χ3n) is 3.21. The summed E-state index contributed by atoms with van der Waals surface area (Å²) in [7, 11) is 0. The molecule has 1 fully saturated rings. The Labute approximate surface area is 103 Å². The summed E-state index contributed by atoms with van der Waals surface area (Å²) in [6.45, 7) is 1.54. The molecule has 0 spiro atoms. The van der Waals surface area contributed by atoms with Crippen molar-refractivity contribution in [3.05, 3.63) is 0 Å². The van der Waals surface area contributed by atoms with Gasteiger partial charge in [0.25, 0.3) is 0 Å². The minimum atomic E-state index is 0.307. The van der Waals surface area contributed by atoms with Crippen molar-refractivity contribution in [1.29, 1.82) is 0 Å². The highest BCUT2D eigenvalue weighted by Crippen LogP contribution is 2.18. The molecule has 1 unspecified atom stereocenters. The Hall–Kier alpha value is -0.220. The number of rotatable bonds is 6. The lowest BCUT2D eigenvalue weighted by atomic mass is 10.0. The van der Waals surface area contributed by atoms with Crippen molar-refractivity contribution in [2.75, 3.05) is 25.1 Å². The first kappa shape index (κ1) is 13.8. The second-order valence-corrected chi connectivity index (χ2v) is 5.41. The van der Waals surface area contributed by atoms with E-state index in [4.69, 9.17) is 5.73 Å². The molecule has 0 aromatic rings. The molecule has 3 nitrogen and oxygen atoms in total. The van der Waals surface area contributed by atoms with Crippen molar-refractivity contribution >= 4 is 17.7 Å². The Kier molecular flexibility index (Phi) is 6.88. The van der Waals surface area contributed by atoms with Crippen LogP contribution in [0.1, 0.15) is 38.5 Å². The van der Waals surface area contributed by atoms with Crippen molar-refractivity contribution in [3.63, 3.8) is 0 Å². The van der Waals surface area contributed by atoms with Gasteiger partial charge in [0, 0.05) is 25.6 Å². The second-order valence-electron chi connectivity index (χ2n) is 4.42. The minimum absolute atomic E-state index is 0.307. The van der Waals surface area contributed by atoms with Gasteiger partial charge in [0.2, 0.25) is 5.91 Å². The third kappa shape index (κ3) is 4.34. The van der Waals surface area contributed by atoms with Crippen LogP contribution in [0.5, 0.6) is 0 Å². The topological polar surface area (TPSA) is 46.3 Å². The minimum Gasteiger partial charge on any atom is -0.338 e. The average Bonchev–Trinajstić information content (AvgIpc) is 2.34. The van der Waals surface area contributed by atoms with Crippen molar-refractivity contribution in [2.24, 2.45) is 5.73 Å². The molecule has 1 atom stereocenters. The normalized spacial score (nSPS) is 21.1. The van der Waals surface area contributed by atoms with Crippen LogP contribution in [-0.2, 0) is 4.79 Å². The first-order valence-corrected chi connectivity index (χ1v) is 7.67. The standard InChI is InChI=1S/C12H24N2OS/c1-16-9-5-3-7-12(15)14-8-4-2-6-11(14)10-13/h11H,2-10,13H2,1H3.